The molecule has 0 fully saturated rings. The first kappa shape index (κ1) is 18.2. The lowest BCUT2D eigenvalue weighted by Crippen LogP contribution is -2.04. The Morgan fingerprint density at radius 2 is 1.78 bits per heavy atom. The fourth-order valence-corrected chi connectivity index (χ4v) is 2.52. The molecule has 1 heterocycles. The van der Waals surface area contributed by atoms with E-state index in [0.717, 1.165) is 35.7 Å². The van der Waals surface area contributed by atoms with E-state index < -0.39 is 22.2 Å². The summed E-state index contributed by atoms with van der Waals surface area (Å²) in [4.78, 5) is 18.4. The first-order valence-electron chi connectivity index (χ1n) is 7.81. The van der Waals surface area contributed by atoms with Crippen molar-refractivity contribution < 1.29 is 18.4 Å². The highest BCUT2D eigenvalue weighted by molar-refractivity contribution is 5.69. The molecule has 1 aromatic heterocycles. The van der Waals surface area contributed by atoms with Crippen LogP contribution in [0.3, 0.4) is 0 Å². The molecule has 3 aromatic rings. The molecule has 0 aliphatic carbocycles. The van der Waals surface area contributed by atoms with Gasteiger partial charge in [0.05, 0.1) is 10.6 Å². The number of nitrogens with zero attached hydrogens (tertiary/aromatic N) is 3. The van der Waals surface area contributed by atoms with Gasteiger partial charge in [-0.05, 0) is 49.2 Å². The summed E-state index contributed by atoms with van der Waals surface area (Å²) in [6.07, 6.45) is 1.03. The lowest BCUT2D eigenvalue weighted by Gasteiger charge is -2.11. The molecule has 0 unspecified atom stereocenters. The molecule has 0 radical (unpaired) electrons. The second kappa shape index (κ2) is 7.32. The normalized spacial score (nSPS) is 10.5. The van der Waals surface area contributed by atoms with Gasteiger partial charge < -0.3 is 10.1 Å². The fraction of sp³-hybridized carbons (Fsp3) is 0.111. The highest BCUT2D eigenvalue weighted by atomic mass is 19.1. The molecular weight excluding hydrogens is 358 g/mol. The Balaban J connectivity index is 2.02. The zero-order valence-electron chi connectivity index (χ0n) is 14.4. The van der Waals surface area contributed by atoms with Crippen LogP contribution in [0.2, 0.25) is 0 Å². The Bertz CT molecular complexity index is 1010. The van der Waals surface area contributed by atoms with Crippen molar-refractivity contribution in [3.05, 3.63) is 75.6 Å². The van der Waals surface area contributed by atoms with Crippen molar-refractivity contribution in [2.24, 2.45) is 0 Å². The van der Waals surface area contributed by atoms with Crippen LogP contribution in [0, 0.1) is 35.6 Å². The van der Waals surface area contributed by atoms with E-state index in [1.165, 1.54) is 0 Å². The van der Waals surface area contributed by atoms with Gasteiger partial charge in [-0.2, -0.15) is 4.98 Å². The van der Waals surface area contributed by atoms with Crippen LogP contribution in [0.1, 0.15) is 11.1 Å². The lowest BCUT2D eigenvalue weighted by atomic mass is 10.1. The molecule has 0 atom stereocenters. The molecule has 7 nitrogen and oxygen atoms in total. The summed E-state index contributed by atoms with van der Waals surface area (Å²) < 4.78 is 32.8. The number of halogens is 2. The van der Waals surface area contributed by atoms with E-state index in [2.05, 4.69) is 15.3 Å². The number of ether oxygens (including phenoxy) is 1. The summed E-state index contributed by atoms with van der Waals surface area (Å²) in [6, 6.07) is 8.00. The van der Waals surface area contributed by atoms with E-state index >= 15 is 0 Å². The van der Waals surface area contributed by atoms with Gasteiger partial charge in [-0.3, -0.25) is 10.1 Å². The molecule has 9 heteroatoms. The predicted molar refractivity (Wildman–Crippen MR) is 94.3 cm³/mol. The van der Waals surface area contributed by atoms with Crippen molar-refractivity contribution in [1.29, 1.82) is 0 Å². The monoisotopic (exact) mass is 372 g/mol. The van der Waals surface area contributed by atoms with Crippen LogP contribution in [0.4, 0.5) is 26.0 Å². The molecule has 0 aliphatic heterocycles. The molecule has 0 aliphatic rings. The summed E-state index contributed by atoms with van der Waals surface area (Å²) in [5, 5.41) is 14.0. The van der Waals surface area contributed by atoms with Crippen molar-refractivity contribution in [1.82, 2.24) is 9.97 Å². The summed E-state index contributed by atoms with van der Waals surface area (Å²) in [5.41, 5.74) is 0.915. The first-order chi connectivity index (χ1) is 12.8. The van der Waals surface area contributed by atoms with Gasteiger partial charge in [-0.15, -0.1) is 0 Å². The van der Waals surface area contributed by atoms with E-state index in [1.54, 1.807) is 12.1 Å². The number of hydrogen-bond acceptors (Lipinski definition) is 6. The third-order valence-corrected chi connectivity index (χ3v) is 3.56. The largest absolute Gasteiger partial charge is 0.434 e. The van der Waals surface area contributed by atoms with Gasteiger partial charge in [0.25, 0.3) is 0 Å². The number of aromatic nitrogens is 2. The van der Waals surface area contributed by atoms with Crippen LogP contribution in [0.15, 0.2) is 42.7 Å². The molecular formula is C18H14F2N4O3. The minimum absolute atomic E-state index is 0.297. The van der Waals surface area contributed by atoms with Crippen LogP contribution in [-0.4, -0.2) is 14.9 Å². The highest BCUT2D eigenvalue weighted by Crippen LogP contribution is 2.36. The molecule has 0 spiro atoms. The van der Waals surface area contributed by atoms with Gasteiger partial charge in [0.15, 0.2) is 0 Å². The number of benzene rings is 2. The minimum atomic E-state index is -0.791. The van der Waals surface area contributed by atoms with E-state index in [0.29, 0.717) is 5.75 Å². The number of nitrogens with one attached hydrogen (secondary N) is 1. The maximum Gasteiger partial charge on any atom is 0.373 e. The SMILES string of the molecule is Cc1cc(C)cc(Oc2ncnc(Nc3cc(F)ccc3F)c2[N+](=O)[O-])c1. The third kappa shape index (κ3) is 4.14. The van der Waals surface area contributed by atoms with Crippen molar-refractivity contribution in [2.75, 3.05) is 5.32 Å². The maximum absolute atomic E-state index is 13.9. The van der Waals surface area contributed by atoms with Crippen LogP contribution in [0.25, 0.3) is 0 Å². The smallest absolute Gasteiger partial charge is 0.373 e. The lowest BCUT2D eigenvalue weighted by molar-refractivity contribution is -0.385. The Labute approximate surface area is 152 Å². The molecule has 0 saturated heterocycles. The number of aryl methyl sites for hydroxylation is 2. The Morgan fingerprint density at radius 3 is 2.44 bits per heavy atom. The maximum atomic E-state index is 13.9. The second-order valence-corrected chi connectivity index (χ2v) is 5.81. The molecule has 2 aromatic carbocycles. The molecule has 138 valence electrons. The topological polar surface area (TPSA) is 90.2 Å². The van der Waals surface area contributed by atoms with Crippen molar-refractivity contribution in [3.63, 3.8) is 0 Å². The zero-order chi connectivity index (χ0) is 19.6. The van der Waals surface area contributed by atoms with Crippen molar-refractivity contribution >= 4 is 17.2 Å². The number of hydrogen-bond donors (Lipinski definition) is 1. The van der Waals surface area contributed by atoms with Gasteiger partial charge in [-0.25, -0.2) is 13.8 Å². The van der Waals surface area contributed by atoms with Crippen molar-refractivity contribution in [2.45, 2.75) is 13.8 Å². The Hall–Kier alpha value is -3.62. The average molecular weight is 372 g/mol. The van der Waals surface area contributed by atoms with Crippen LogP contribution in [-0.2, 0) is 0 Å². The third-order valence-electron chi connectivity index (χ3n) is 3.56. The number of anilines is 2. The summed E-state index contributed by atoms with van der Waals surface area (Å²) in [6.45, 7) is 3.71. The molecule has 3 rings (SSSR count). The first-order valence-corrected chi connectivity index (χ1v) is 7.81. The van der Waals surface area contributed by atoms with Crippen LogP contribution in [0.5, 0.6) is 11.6 Å². The van der Waals surface area contributed by atoms with Crippen LogP contribution < -0.4 is 10.1 Å². The summed E-state index contributed by atoms with van der Waals surface area (Å²) >= 11 is 0. The van der Waals surface area contributed by atoms with Gasteiger partial charge in [0, 0.05) is 6.07 Å². The Kier molecular flexibility index (Phi) is 4.93. The van der Waals surface area contributed by atoms with Gasteiger partial charge >= 0.3 is 11.6 Å². The molecule has 0 bridgehead atoms. The zero-order valence-corrected chi connectivity index (χ0v) is 14.4. The average Bonchev–Trinajstić information content (AvgIpc) is 2.57. The van der Waals surface area contributed by atoms with Crippen molar-refractivity contribution in [3.8, 4) is 11.6 Å². The van der Waals surface area contributed by atoms with E-state index in [-0.39, 0.29) is 17.4 Å². The molecule has 27 heavy (non-hydrogen) atoms. The summed E-state index contributed by atoms with van der Waals surface area (Å²) in [7, 11) is 0. The molecule has 0 saturated carbocycles. The molecule has 1 N–H and O–H groups in total. The fourth-order valence-electron chi connectivity index (χ4n) is 2.52. The number of nitro groups is 1. The van der Waals surface area contributed by atoms with Gasteiger partial charge in [-0.1, -0.05) is 6.07 Å². The van der Waals surface area contributed by atoms with Crippen LogP contribution >= 0.6 is 0 Å². The highest BCUT2D eigenvalue weighted by Gasteiger charge is 2.26. The minimum Gasteiger partial charge on any atom is -0.434 e. The quantitative estimate of drug-likeness (QED) is 0.510. The Morgan fingerprint density at radius 1 is 1.07 bits per heavy atom. The van der Waals surface area contributed by atoms with E-state index in [4.69, 9.17) is 4.74 Å². The summed E-state index contributed by atoms with van der Waals surface area (Å²) in [5.74, 6) is -1.78. The standard InChI is InChI=1S/C18H14F2N4O3/c1-10-5-11(2)7-13(6-10)27-18-16(24(25)26)17(21-9-22-18)23-15-8-12(19)3-4-14(15)20/h3-9H,1-2H3,(H,21,22,23). The van der Waals surface area contributed by atoms with Gasteiger partial charge in [0.2, 0.25) is 5.82 Å². The number of rotatable bonds is 5. The van der Waals surface area contributed by atoms with Gasteiger partial charge in [0.1, 0.15) is 23.7 Å². The van der Waals surface area contributed by atoms with E-state index in [9.17, 15) is 18.9 Å². The second-order valence-electron chi connectivity index (χ2n) is 5.81. The molecule has 0 amide bonds. The predicted octanol–water partition coefficient (Wildman–Crippen LogP) is 4.82. The van der Waals surface area contributed by atoms with E-state index in [1.807, 2.05) is 19.9 Å².